The summed E-state index contributed by atoms with van der Waals surface area (Å²) in [6.07, 6.45) is 2.92. The molecule has 7 heteroatoms. The molecule has 148 valence electrons. The first-order chi connectivity index (χ1) is 14.1. The summed E-state index contributed by atoms with van der Waals surface area (Å²) in [6, 6.07) is 16.4. The molecule has 1 saturated heterocycles. The number of H-pyrrole nitrogens is 1. The Morgan fingerprint density at radius 3 is 2.62 bits per heavy atom. The van der Waals surface area contributed by atoms with E-state index in [-0.39, 0.29) is 18.4 Å². The summed E-state index contributed by atoms with van der Waals surface area (Å²) in [5.74, 6) is -0.726. The molecule has 0 radical (unpaired) electrons. The quantitative estimate of drug-likeness (QED) is 0.539. The fourth-order valence-corrected chi connectivity index (χ4v) is 3.58. The monoisotopic (exact) mass is 390 g/mol. The molecular formula is C22H22N4O3. The third-order valence-corrected chi connectivity index (χ3v) is 5.09. The molecule has 1 aromatic heterocycles. The summed E-state index contributed by atoms with van der Waals surface area (Å²) < 4.78 is 0. The second-order valence-electron chi connectivity index (χ2n) is 7.08. The fraction of sp³-hybridized carbons (Fsp3) is 0.227. The van der Waals surface area contributed by atoms with Crippen molar-refractivity contribution in [1.29, 1.82) is 0 Å². The minimum absolute atomic E-state index is 0.274. The van der Waals surface area contributed by atoms with Gasteiger partial charge in [0.2, 0.25) is 5.91 Å². The molecule has 0 aliphatic carbocycles. The van der Waals surface area contributed by atoms with E-state index in [1.54, 1.807) is 0 Å². The standard InChI is InChI=1S/C22H22N4O3/c27-20(23-11-10-15-6-2-1-3-7-15)14-26-21(28)19(25-22(26)29)12-16-13-24-18-9-5-4-8-17(16)18/h1-9,13,19,24H,10-12,14H2,(H,23,27)(H,25,29)/t19-/m1/s1. The van der Waals surface area contributed by atoms with Crippen molar-refractivity contribution in [3.8, 4) is 0 Å². The van der Waals surface area contributed by atoms with Crippen molar-refractivity contribution >= 4 is 28.7 Å². The number of amides is 4. The third-order valence-electron chi connectivity index (χ3n) is 5.09. The van der Waals surface area contributed by atoms with Gasteiger partial charge in [-0.1, -0.05) is 48.5 Å². The number of nitrogens with zero attached hydrogens (tertiary/aromatic N) is 1. The topological polar surface area (TPSA) is 94.3 Å². The summed E-state index contributed by atoms with van der Waals surface area (Å²) >= 11 is 0. The van der Waals surface area contributed by atoms with Gasteiger partial charge in [-0.15, -0.1) is 0 Å². The first-order valence-electron chi connectivity index (χ1n) is 9.59. The number of aromatic amines is 1. The van der Waals surface area contributed by atoms with Crippen LogP contribution in [0.4, 0.5) is 4.79 Å². The van der Waals surface area contributed by atoms with Crippen LogP contribution in [0, 0.1) is 0 Å². The lowest BCUT2D eigenvalue weighted by Gasteiger charge is -2.13. The van der Waals surface area contributed by atoms with Crippen LogP contribution in [0.5, 0.6) is 0 Å². The molecule has 1 aliphatic rings. The van der Waals surface area contributed by atoms with E-state index in [0.717, 1.165) is 26.9 Å². The molecule has 7 nitrogen and oxygen atoms in total. The van der Waals surface area contributed by atoms with E-state index in [9.17, 15) is 14.4 Å². The maximum absolute atomic E-state index is 12.7. The largest absolute Gasteiger partial charge is 0.361 e. The molecule has 0 saturated carbocycles. The molecule has 3 N–H and O–H groups in total. The van der Waals surface area contributed by atoms with Crippen molar-refractivity contribution in [1.82, 2.24) is 20.5 Å². The first-order valence-corrected chi connectivity index (χ1v) is 9.59. The molecule has 2 aromatic carbocycles. The highest BCUT2D eigenvalue weighted by molar-refractivity contribution is 6.06. The highest BCUT2D eigenvalue weighted by atomic mass is 16.2. The van der Waals surface area contributed by atoms with Gasteiger partial charge in [0.15, 0.2) is 0 Å². The zero-order valence-corrected chi connectivity index (χ0v) is 15.9. The van der Waals surface area contributed by atoms with Crippen LogP contribution < -0.4 is 10.6 Å². The number of carbonyl (C=O) groups excluding carboxylic acids is 3. The number of benzene rings is 2. The van der Waals surface area contributed by atoms with Crippen LogP contribution in [0.3, 0.4) is 0 Å². The number of hydrogen-bond donors (Lipinski definition) is 3. The maximum atomic E-state index is 12.7. The summed E-state index contributed by atoms with van der Waals surface area (Å²) in [6.45, 7) is 0.176. The van der Waals surface area contributed by atoms with Gasteiger partial charge < -0.3 is 15.6 Å². The minimum Gasteiger partial charge on any atom is -0.361 e. The Morgan fingerprint density at radius 1 is 1.03 bits per heavy atom. The van der Waals surface area contributed by atoms with Crippen molar-refractivity contribution in [3.63, 3.8) is 0 Å². The Balaban J connectivity index is 1.32. The molecule has 4 rings (SSSR count). The number of rotatable bonds is 7. The van der Waals surface area contributed by atoms with E-state index in [1.807, 2.05) is 60.8 Å². The van der Waals surface area contributed by atoms with Gasteiger partial charge in [-0.3, -0.25) is 14.5 Å². The van der Waals surface area contributed by atoms with E-state index < -0.39 is 12.1 Å². The third kappa shape index (κ3) is 4.13. The van der Waals surface area contributed by atoms with E-state index >= 15 is 0 Å². The zero-order valence-electron chi connectivity index (χ0n) is 15.9. The summed E-state index contributed by atoms with van der Waals surface area (Å²) in [5, 5.41) is 6.47. The Hall–Kier alpha value is -3.61. The Kier molecular flexibility index (Phi) is 5.29. The first kappa shape index (κ1) is 18.7. The number of hydrogen-bond acceptors (Lipinski definition) is 3. The fourth-order valence-electron chi connectivity index (χ4n) is 3.58. The normalized spacial score (nSPS) is 16.3. The van der Waals surface area contributed by atoms with Gasteiger partial charge in [0.05, 0.1) is 0 Å². The van der Waals surface area contributed by atoms with Crippen LogP contribution in [-0.4, -0.2) is 46.9 Å². The number of urea groups is 1. The lowest BCUT2D eigenvalue weighted by atomic mass is 10.1. The molecule has 29 heavy (non-hydrogen) atoms. The van der Waals surface area contributed by atoms with E-state index in [2.05, 4.69) is 15.6 Å². The Labute approximate surface area is 168 Å². The highest BCUT2D eigenvalue weighted by Crippen LogP contribution is 2.21. The number of fused-ring (bicyclic) bond motifs is 1. The smallest absolute Gasteiger partial charge is 0.325 e. The average molecular weight is 390 g/mol. The second-order valence-corrected chi connectivity index (χ2v) is 7.08. The summed E-state index contributed by atoms with van der Waals surface area (Å²) in [5.41, 5.74) is 3.05. The predicted octanol–water partition coefficient (Wildman–Crippen LogP) is 1.99. The number of imide groups is 1. The van der Waals surface area contributed by atoms with Crippen molar-refractivity contribution in [2.24, 2.45) is 0 Å². The summed E-state index contributed by atoms with van der Waals surface area (Å²) in [4.78, 5) is 41.2. The van der Waals surface area contributed by atoms with E-state index in [4.69, 9.17) is 0 Å². The average Bonchev–Trinajstić information content (AvgIpc) is 3.25. The van der Waals surface area contributed by atoms with Crippen molar-refractivity contribution in [2.75, 3.05) is 13.1 Å². The Bertz CT molecular complexity index is 1040. The molecule has 4 amide bonds. The molecule has 0 bridgehead atoms. The van der Waals surface area contributed by atoms with E-state index in [1.165, 1.54) is 0 Å². The van der Waals surface area contributed by atoms with Gasteiger partial charge in [-0.05, 0) is 23.6 Å². The van der Waals surface area contributed by atoms with Crippen molar-refractivity contribution in [3.05, 3.63) is 71.9 Å². The highest BCUT2D eigenvalue weighted by Gasteiger charge is 2.39. The number of para-hydroxylation sites is 1. The van der Waals surface area contributed by atoms with Gasteiger partial charge in [0.25, 0.3) is 5.91 Å². The molecule has 2 heterocycles. The van der Waals surface area contributed by atoms with Gasteiger partial charge in [-0.2, -0.15) is 0 Å². The van der Waals surface area contributed by atoms with Crippen molar-refractivity contribution < 1.29 is 14.4 Å². The molecule has 0 unspecified atom stereocenters. The SMILES string of the molecule is O=C(CN1C(=O)N[C@H](Cc2c[nH]c3ccccc23)C1=O)NCCc1ccccc1. The number of nitrogens with one attached hydrogen (secondary N) is 3. The van der Waals surface area contributed by atoms with Crippen LogP contribution in [-0.2, 0) is 22.4 Å². The van der Waals surface area contributed by atoms with Gasteiger partial charge in [0.1, 0.15) is 12.6 Å². The minimum atomic E-state index is -0.668. The van der Waals surface area contributed by atoms with Crippen LogP contribution in [0.15, 0.2) is 60.8 Å². The molecular weight excluding hydrogens is 368 g/mol. The van der Waals surface area contributed by atoms with Gasteiger partial charge >= 0.3 is 6.03 Å². The number of aromatic nitrogens is 1. The molecule has 0 spiro atoms. The van der Waals surface area contributed by atoms with E-state index in [0.29, 0.717) is 19.4 Å². The summed E-state index contributed by atoms with van der Waals surface area (Å²) in [7, 11) is 0. The van der Waals surface area contributed by atoms with Crippen LogP contribution in [0.25, 0.3) is 10.9 Å². The maximum Gasteiger partial charge on any atom is 0.325 e. The predicted molar refractivity (Wildman–Crippen MR) is 109 cm³/mol. The van der Waals surface area contributed by atoms with Gasteiger partial charge in [-0.25, -0.2) is 4.79 Å². The van der Waals surface area contributed by atoms with Gasteiger partial charge in [0, 0.05) is 30.1 Å². The zero-order chi connectivity index (χ0) is 20.2. The van der Waals surface area contributed by atoms with Crippen LogP contribution in [0.1, 0.15) is 11.1 Å². The Morgan fingerprint density at radius 2 is 1.79 bits per heavy atom. The van der Waals surface area contributed by atoms with Crippen molar-refractivity contribution in [2.45, 2.75) is 18.9 Å². The second kappa shape index (κ2) is 8.18. The molecule has 1 fully saturated rings. The molecule has 3 aromatic rings. The van der Waals surface area contributed by atoms with Crippen LogP contribution >= 0.6 is 0 Å². The van der Waals surface area contributed by atoms with Crippen LogP contribution in [0.2, 0.25) is 0 Å². The number of carbonyl (C=O) groups is 3. The lowest BCUT2D eigenvalue weighted by Crippen LogP contribution is -2.41. The lowest BCUT2D eigenvalue weighted by molar-refractivity contribution is -0.132. The molecule has 1 aliphatic heterocycles. The molecule has 1 atom stereocenters.